The van der Waals surface area contributed by atoms with E-state index in [2.05, 4.69) is 38.3 Å². The third kappa shape index (κ3) is 2.65. The molecule has 0 unspecified atom stereocenters. The highest BCUT2D eigenvalue weighted by Crippen LogP contribution is 2.20. The first-order valence-electron chi connectivity index (χ1n) is 6.45. The SMILES string of the molecule is O=c1[nH]nc(CCc2ccccc2)c2cc(Br)ccc12. The van der Waals surface area contributed by atoms with Gasteiger partial charge in [0.1, 0.15) is 0 Å². The van der Waals surface area contributed by atoms with Crippen LogP contribution in [0.2, 0.25) is 0 Å². The Hall–Kier alpha value is -1.94. The molecule has 100 valence electrons. The Morgan fingerprint density at radius 1 is 1.00 bits per heavy atom. The summed E-state index contributed by atoms with van der Waals surface area (Å²) >= 11 is 3.45. The molecule has 3 nitrogen and oxygen atoms in total. The molecule has 3 rings (SSSR count). The number of hydrogen-bond donors (Lipinski definition) is 1. The number of aromatic amines is 1. The first-order valence-corrected chi connectivity index (χ1v) is 7.24. The van der Waals surface area contributed by atoms with Crippen molar-refractivity contribution in [2.24, 2.45) is 0 Å². The number of aromatic nitrogens is 2. The van der Waals surface area contributed by atoms with E-state index in [1.54, 1.807) is 0 Å². The third-order valence-electron chi connectivity index (χ3n) is 3.32. The molecule has 0 saturated carbocycles. The average molecular weight is 329 g/mol. The first kappa shape index (κ1) is 13.1. The number of fused-ring (bicyclic) bond motifs is 1. The van der Waals surface area contributed by atoms with Crippen molar-refractivity contribution in [3.05, 3.63) is 74.6 Å². The Morgan fingerprint density at radius 3 is 2.60 bits per heavy atom. The summed E-state index contributed by atoms with van der Waals surface area (Å²) in [6.07, 6.45) is 1.70. The van der Waals surface area contributed by atoms with Crippen molar-refractivity contribution < 1.29 is 0 Å². The van der Waals surface area contributed by atoms with Crippen LogP contribution < -0.4 is 5.56 Å². The molecule has 0 fully saturated rings. The van der Waals surface area contributed by atoms with Gasteiger partial charge in [-0.15, -0.1) is 0 Å². The molecule has 0 saturated heterocycles. The van der Waals surface area contributed by atoms with Crippen LogP contribution in [0.5, 0.6) is 0 Å². The van der Waals surface area contributed by atoms with Crippen molar-refractivity contribution in [3.63, 3.8) is 0 Å². The van der Waals surface area contributed by atoms with Gasteiger partial charge in [-0.3, -0.25) is 4.79 Å². The minimum absolute atomic E-state index is 0.143. The van der Waals surface area contributed by atoms with E-state index in [0.717, 1.165) is 28.4 Å². The molecule has 3 aromatic rings. The van der Waals surface area contributed by atoms with Crippen molar-refractivity contribution in [1.29, 1.82) is 0 Å². The largest absolute Gasteiger partial charge is 0.272 e. The summed E-state index contributed by atoms with van der Waals surface area (Å²) in [4.78, 5) is 11.8. The number of halogens is 1. The summed E-state index contributed by atoms with van der Waals surface area (Å²) in [6.45, 7) is 0. The molecular weight excluding hydrogens is 316 g/mol. The second-order valence-electron chi connectivity index (χ2n) is 4.67. The number of benzene rings is 2. The van der Waals surface area contributed by atoms with Gasteiger partial charge in [0.15, 0.2) is 0 Å². The summed E-state index contributed by atoms with van der Waals surface area (Å²) < 4.78 is 0.957. The summed E-state index contributed by atoms with van der Waals surface area (Å²) in [7, 11) is 0. The van der Waals surface area contributed by atoms with Gasteiger partial charge < -0.3 is 0 Å². The lowest BCUT2D eigenvalue weighted by Gasteiger charge is -2.05. The molecule has 0 spiro atoms. The van der Waals surface area contributed by atoms with Crippen molar-refractivity contribution in [3.8, 4) is 0 Å². The minimum atomic E-state index is -0.143. The topological polar surface area (TPSA) is 45.8 Å². The van der Waals surface area contributed by atoms with Crippen LogP contribution in [0.15, 0.2) is 57.8 Å². The van der Waals surface area contributed by atoms with E-state index in [-0.39, 0.29) is 5.56 Å². The van der Waals surface area contributed by atoms with E-state index in [1.165, 1.54) is 5.56 Å². The van der Waals surface area contributed by atoms with Crippen molar-refractivity contribution >= 4 is 26.7 Å². The zero-order valence-electron chi connectivity index (χ0n) is 10.8. The van der Waals surface area contributed by atoms with Crippen LogP contribution in [0.1, 0.15) is 11.3 Å². The van der Waals surface area contributed by atoms with Gasteiger partial charge in [0.25, 0.3) is 5.56 Å². The molecule has 0 aliphatic rings. The van der Waals surface area contributed by atoms with Gasteiger partial charge in [0, 0.05) is 9.86 Å². The molecule has 0 radical (unpaired) electrons. The second-order valence-corrected chi connectivity index (χ2v) is 5.59. The molecule has 0 aliphatic carbocycles. The van der Waals surface area contributed by atoms with E-state index < -0.39 is 0 Å². The number of aryl methyl sites for hydroxylation is 2. The van der Waals surface area contributed by atoms with Crippen LogP contribution in [0.4, 0.5) is 0 Å². The maximum atomic E-state index is 11.8. The van der Waals surface area contributed by atoms with E-state index in [0.29, 0.717) is 5.39 Å². The van der Waals surface area contributed by atoms with E-state index in [4.69, 9.17) is 0 Å². The molecule has 4 heteroatoms. The van der Waals surface area contributed by atoms with Gasteiger partial charge in [0.05, 0.1) is 11.1 Å². The monoisotopic (exact) mass is 328 g/mol. The second kappa shape index (κ2) is 5.59. The fourth-order valence-electron chi connectivity index (χ4n) is 2.29. The number of nitrogens with zero attached hydrogens (tertiary/aromatic N) is 1. The minimum Gasteiger partial charge on any atom is -0.267 e. The zero-order chi connectivity index (χ0) is 13.9. The Kier molecular flexibility index (Phi) is 3.65. The molecule has 2 aromatic carbocycles. The molecule has 0 bridgehead atoms. The molecule has 1 heterocycles. The normalized spacial score (nSPS) is 10.8. The Morgan fingerprint density at radius 2 is 1.80 bits per heavy atom. The molecule has 1 N–H and O–H groups in total. The van der Waals surface area contributed by atoms with Gasteiger partial charge >= 0.3 is 0 Å². The van der Waals surface area contributed by atoms with Crippen LogP contribution in [0.25, 0.3) is 10.8 Å². The van der Waals surface area contributed by atoms with Crippen LogP contribution in [-0.4, -0.2) is 10.2 Å². The van der Waals surface area contributed by atoms with Gasteiger partial charge in [-0.2, -0.15) is 5.10 Å². The molecule has 0 atom stereocenters. The summed E-state index contributed by atoms with van der Waals surface area (Å²) in [5.74, 6) is 0. The molecule has 1 aromatic heterocycles. The van der Waals surface area contributed by atoms with E-state index in [9.17, 15) is 4.79 Å². The lowest BCUT2D eigenvalue weighted by Crippen LogP contribution is -2.11. The molecule has 0 aliphatic heterocycles. The predicted octanol–water partition coefficient (Wildman–Crippen LogP) is 3.47. The van der Waals surface area contributed by atoms with E-state index in [1.807, 2.05) is 36.4 Å². The van der Waals surface area contributed by atoms with Gasteiger partial charge in [-0.1, -0.05) is 46.3 Å². The zero-order valence-corrected chi connectivity index (χ0v) is 12.4. The number of H-pyrrole nitrogens is 1. The van der Waals surface area contributed by atoms with Crippen molar-refractivity contribution in [1.82, 2.24) is 10.2 Å². The maximum Gasteiger partial charge on any atom is 0.272 e. The Bertz CT molecular complexity index is 796. The summed E-state index contributed by atoms with van der Waals surface area (Å²) in [5.41, 5.74) is 2.05. The maximum absolute atomic E-state index is 11.8. The summed E-state index contributed by atoms with van der Waals surface area (Å²) in [5, 5.41) is 8.38. The van der Waals surface area contributed by atoms with Crippen LogP contribution in [-0.2, 0) is 12.8 Å². The lowest BCUT2D eigenvalue weighted by atomic mass is 10.0. The van der Waals surface area contributed by atoms with Crippen molar-refractivity contribution in [2.75, 3.05) is 0 Å². The first-order chi connectivity index (χ1) is 9.74. The molecule has 20 heavy (non-hydrogen) atoms. The fraction of sp³-hybridized carbons (Fsp3) is 0.125. The van der Waals surface area contributed by atoms with Crippen LogP contribution >= 0.6 is 15.9 Å². The third-order valence-corrected chi connectivity index (χ3v) is 3.82. The Balaban J connectivity index is 1.97. The number of rotatable bonds is 3. The molecular formula is C16H13BrN2O. The van der Waals surface area contributed by atoms with Crippen LogP contribution in [0.3, 0.4) is 0 Å². The van der Waals surface area contributed by atoms with E-state index >= 15 is 0 Å². The standard InChI is InChI=1S/C16H13BrN2O/c17-12-7-8-13-14(10-12)15(18-19-16(13)20)9-6-11-4-2-1-3-5-11/h1-5,7-8,10H,6,9H2,(H,19,20). The fourth-order valence-corrected chi connectivity index (χ4v) is 2.65. The quantitative estimate of drug-likeness (QED) is 0.800. The number of nitrogens with one attached hydrogen (secondary N) is 1. The number of hydrogen-bond acceptors (Lipinski definition) is 2. The highest BCUT2D eigenvalue weighted by molar-refractivity contribution is 9.10. The lowest BCUT2D eigenvalue weighted by molar-refractivity contribution is 0.863. The highest BCUT2D eigenvalue weighted by Gasteiger charge is 2.07. The van der Waals surface area contributed by atoms with Gasteiger partial charge in [0.2, 0.25) is 0 Å². The van der Waals surface area contributed by atoms with Gasteiger partial charge in [-0.05, 0) is 36.6 Å². The predicted molar refractivity (Wildman–Crippen MR) is 83.9 cm³/mol. The van der Waals surface area contributed by atoms with Crippen LogP contribution in [0, 0.1) is 0 Å². The van der Waals surface area contributed by atoms with Gasteiger partial charge in [-0.25, -0.2) is 5.10 Å². The summed E-state index contributed by atoms with van der Waals surface area (Å²) in [6, 6.07) is 15.9. The smallest absolute Gasteiger partial charge is 0.267 e. The van der Waals surface area contributed by atoms with Crippen molar-refractivity contribution in [2.45, 2.75) is 12.8 Å². The Labute approximate surface area is 124 Å². The average Bonchev–Trinajstić information content (AvgIpc) is 2.47. The highest BCUT2D eigenvalue weighted by atomic mass is 79.9. The molecule has 0 amide bonds.